The first-order valence-electron chi connectivity index (χ1n) is 4.58. The van der Waals surface area contributed by atoms with Crippen molar-refractivity contribution < 1.29 is 45.3 Å². The molecular formula is C9H17BrN2O5. The highest BCUT2D eigenvalue weighted by atomic mass is 79.9. The van der Waals surface area contributed by atoms with Crippen LogP contribution < -0.4 is 22.7 Å². The fourth-order valence-electron chi connectivity index (χ4n) is 1.30. The third kappa shape index (κ3) is 7.70. The lowest BCUT2D eigenvalue weighted by atomic mass is 10.3. The Hall–Kier alpha value is -1.15. The molecule has 0 aliphatic rings. The van der Waals surface area contributed by atoms with E-state index in [4.69, 9.17) is 5.73 Å². The summed E-state index contributed by atoms with van der Waals surface area (Å²) < 4.78 is 8.81. The van der Waals surface area contributed by atoms with Crippen LogP contribution in [0.4, 0.5) is 0 Å². The van der Waals surface area contributed by atoms with E-state index in [0.717, 1.165) is 0 Å². The van der Waals surface area contributed by atoms with E-state index in [2.05, 4.69) is 9.47 Å². The summed E-state index contributed by atoms with van der Waals surface area (Å²) in [5.74, 6) is -1.64. The lowest BCUT2D eigenvalue weighted by Gasteiger charge is -2.30. The number of methoxy groups -OCH3 is 2. The lowest BCUT2D eigenvalue weighted by molar-refractivity contribution is -0.887. The number of carbonyl (C=O) groups excluding carboxylic acids is 3. The van der Waals surface area contributed by atoms with E-state index in [0.29, 0.717) is 0 Å². The number of hydrogen-bond acceptors (Lipinski definition) is 5. The SMILES string of the molecule is COC(=O)C[N+](C)(CC(N)=O)CC(=O)OC.[Br-]. The van der Waals surface area contributed by atoms with Gasteiger partial charge in [0.25, 0.3) is 5.91 Å². The van der Waals surface area contributed by atoms with Crippen molar-refractivity contribution in [1.29, 1.82) is 0 Å². The largest absolute Gasteiger partial charge is 1.00 e. The fraction of sp³-hybridized carbons (Fsp3) is 0.667. The Labute approximate surface area is 110 Å². The molecule has 7 nitrogen and oxygen atoms in total. The summed E-state index contributed by atoms with van der Waals surface area (Å²) in [7, 11) is 4.02. The molecule has 0 radical (unpaired) electrons. The molecule has 0 aliphatic heterocycles. The van der Waals surface area contributed by atoms with E-state index in [1.807, 2.05) is 0 Å². The first-order valence-corrected chi connectivity index (χ1v) is 4.58. The van der Waals surface area contributed by atoms with Gasteiger partial charge in [-0.05, 0) is 0 Å². The van der Waals surface area contributed by atoms with Gasteiger partial charge in [-0.1, -0.05) is 0 Å². The second-order valence-electron chi connectivity index (χ2n) is 3.71. The number of hydrogen-bond donors (Lipinski definition) is 1. The second kappa shape index (κ2) is 8.02. The summed E-state index contributed by atoms with van der Waals surface area (Å²) in [5.41, 5.74) is 5.05. The van der Waals surface area contributed by atoms with E-state index in [9.17, 15) is 14.4 Å². The van der Waals surface area contributed by atoms with Gasteiger partial charge in [-0.25, -0.2) is 9.59 Å². The maximum atomic E-state index is 11.1. The number of ether oxygens (including phenoxy) is 2. The molecule has 0 atom stereocenters. The van der Waals surface area contributed by atoms with Gasteiger partial charge in [-0.15, -0.1) is 0 Å². The third-order valence-corrected chi connectivity index (χ3v) is 2.01. The van der Waals surface area contributed by atoms with Gasteiger partial charge in [-0.2, -0.15) is 0 Å². The zero-order valence-electron chi connectivity index (χ0n) is 10.1. The molecule has 0 saturated carbocycles. The molecular weight excluding hydrogens is 296 g/mol. The first kappa shape index (κ1) is 18.2. The molecule has 0 rings (SSSR count). The number of nitrogens with zero attached hydrogens (tertiary/aromatic N) is 1. The minimum absolute atomic E-state index is 0. The van der Waals surface area contributed by atoms with E-state index < -0.39 is 17.8 Å². The summed E-state index contributed by atoms with van der Waals surface area (Å²) in [6.45, 7) is -0.368. The van der Waals surface area contributed by atoms with Crippen LogP contribution in [0, 0.1) is 0 Å². The monoisotopic (exact) mass is 312 g/mol. The maximum Gasteiger partial charge on any atom is 0.361 e. The first-order chi connectivity index (χ1) is 7.33. The smallest absolute Gasteiger partial charge is 0.361 e. The molecule has 0 fully saturated rings. The highest BCUT2D eigenvalue weighted by Crippen LogP contribution is 2.03. The van der Waals surface area contributed by atoms with E-state index >= 15 is 0 Å². The predicted molar refractivity (Wildman–Crippen MR) is 54.0 cm³/mol. The number of halogens is 1. The topological polar surface area (TPSA) is 95.7 Å². The van der Waals surface area contributed by atoms with Crippen molar-refractivity contribution in [3.8, 4) is 0 Å². The molecule has 0 bridgehead atoms. The number of esters is 2. The van der Waals surface area contributed by atoms with Gasteiger partial charge in [0.15, 0.2) is 19.6 Å². The molecule has 0 spiro atoms. The van der Waals surface area contributed by atoms with Crippen LogP contribution >= 0.6 is 0 Å². The molecule has 0 aliphatic carbocycles. The molecule has 0 aromatic rings. The highest BCUT2D eigenvalue weighted by molar-refractivity contribution is 5.77. The van der Waals surface area contributed by atoms with Gasteiger partial charge in [0.05, 0.1) is 21.3 Å². The minimum Gasteiger partial charge on any atom is -1.00 e. The zero-order valence-corrected chi connectivity index (χ0v) is 11.7. The number of quaternary nitrogens is 1. The number of nitrogens with two attached hydrogens (primary N) is 1. The highest BCUT2D eigenvalue weighted by Gasteiger charge is 2.31. The molecule has 0 aromatic heterocycles. The van der Waals surface area contributed by atoms with Crippen LogP contribution in [-0.4, -0.2) is 63.2 Å². The summed E-state index contributed by atoms with van der Waals surface area (Å²) in [4.78, 5) is 33.1. The molecule has 17 heavy (non-hydrogen) atoms. The number of primary amides is 1. The van der Waals surface area contributed by atoms with E-state index in [1.165, 1.54) is 14.2 Å². The lowest BCUT2D eigenvalue weighted by Crippen LogP contribution is -3.00. The van der Waals surface area contributed by atoms with E-state index in [-0.39, 0.29) is 41.1 Å². The van der Waals surface area contributed by atoms with Gasteiger partial charge in [0.1, 0.15) is 0 Å². The Balaban J connectivity index is 0. The molecule has 2 N–H and O–H groups in total. The standard InChI is InChI=1S/C9H16N2O5.BrH/c1-11(4-7(10)12,5-8(13)15-2)6-9(14)16-3;/h4-6H2,1-3H3,(H-,10,12);1H. The van der Waals surface area contributed by atoms with Crippen molar-refractivity contribution in [2.75, 3.05) is 40.9 Å². The molecule has 1 amide bonds. The molecule has 0 unspecified atom stereocenters. The second-order valence-corrected chi connectivity index (χ2v) is 3.71. The van der Waals surface area contributed by atoms with Gasteiger partial charge >= 0.3 is 11.9 Å². The fourth-order valence-corrected chi connectivity index (χ4v) is 1.30. The molecule has 0 heterocycles. The van der Waals surface area contributed by atoms with Gasteiger partial charge in [0, 0.05) is 0 Å². The van der Waals surface area contributed by atoms with Crippen LogP contribution in [0.15, 0.2) is 0 Å². The number of likely N-dealkylation sites (N-methyl/N-ethyl adjacent to an activating group) is 1. The molecule has 0 aromatic carbocycles. The Morgan fingerprint density at radius 1 is 1.00 bits per heavy atom. The molecule has 100 valence electrons. The van der Waals surface area contributed by atoms with Crippen molar-refractivity contribution in [3.63, 3.8) is 0 Å². The van der Waals surface area contributed by atoms with Crippen LogP contribution in [0.1, 0.15) is 0 Å². The van der Waals surface area contributed by atoms with Gasteiger partial charge in [0.2, 0.25) is 0 Å². The van der Waals surface area contributed by atoms with Gasteiger partial charge in [-0.3, -0.25) is 9.28 Å². The van der Waals surface area contributed by atoms with Crippen LogP contribution in [0.25, 0.3) is 0 Å². The summed E-state index contributed by atoms with van der Waals surface area (Å²) >= 11 is 0. The van der Waals surface area contributed by atoms with Crippen molar-refractivity contribution in [2.24, 2.45) is 5.73 Å². The predicted octanol–water partition coefficient (Wildman–Crippen LogP) is -4.73. The number of amides is 1. The van der Waals surface area contributed by atoms with Gasteiger partial charge < -0.3 is 32.2 Å². The van der Waals surface area contributed by atoms with Crippen molar-refractivity contribution in [3.05, 3.63) is 0 Å². The molecule has 8 heteroatoms. The van der Waals surface area contributed by atoms with Crippen LogP contribution in [0.3, 0.4) is 0 Å². The quantitative estimate of drug-likeness (QED) is 0.392. The number of rotatable bonds is 6. The Bertz CT molecular complexity index is 277. The van der Waals surface area contributed by atoms with E-state index in [1.54, 1.807) is 7.05 Å². The Morgan fingerprint density at radius 3 is 1.59 bits per heavy atom. The zero-order chi connectivity index (χ0) is 12.8. The normalized spacial score (nSPS) is 10.1. The van der Waals surface area contributed by atoms with Crippen LogP contribution in [0.5, 0.6) is 0 Å². The Kier molecular flexibility index (Phi) is 8.59. The number of carbonyl (C=O) groups is 3. The van der Waals surface area contributed by atoms with Crippen LogP contribution in [-0.2, 0) is 23.9 Å². The van der Waals surface area contributed by atoms with Crippen molar-refractivity contribution in [1.82, 2.24) is 0 Å². The summed E-state index contributed by atoms with van der Waals surface area (Å²) in [6, 6.07) is 0. The minimum atomic E-state index is -0.602. The summed E-state index contributed by atoms with van der Waals surface area (Å²) in [5, 5.41) is 0. The maximum absolute atomic E-state index is 11.1. The Morgan fingerprint density at radius 2 is 1.35 bits per heavy atom. The van der Waals surface area contributed by atoms with Crippen molar-refractivity contribution >= 4 is 17.8 Å². The molecule has 0 saturated heterocycles. The third-order valence-electron chi connectivity index (χ3n) is 2.01. The average molecular weight is 313 g/mol. The van der Waals surface area contributed by atoms with Crippen molar-refractivity contribution in [2.45, 2.75) is 0 Å². The van der Waals surface area contributed by atoms with Crippen LogP contribution in [0.2, 0.25) is 0 Å². The average Bonchev–Trinajstić information content (AvgIpc) is 2.15. The summed E-state index contributed by atoms with van der Waals surface area (Å²) in [6.07, 6.45) is 0.